The van der Waals surface area contributed by atoms with Gasteiger partial charge in [0.2, 0.25) is 5.89 Å². The third-order valence-electron chi connectivity index (χ3n) is 2.56. The van der Waals surface area contributed by atoms with Crippen LogP contribution in [0.25, 0.3) is 21.9 Å². The van der Waals surface area contributed by atoms with Crippen LogP contribution >= 0.6 is 11.3 Å². The number of rotatable bonds is 3. The lowest BCUT2D eigenvalue weighted by molar-refractivity contribution is 0.621. The van der Waals surface area contributed by atoms with Crippen LogP contribution in [0.15, 0.2) is 40.1 Å². The largest absolute Gasteiger partial charge is 0.435 e. The van der Waals surface area contributed by atoms with Gasteiger partial charge in [0.15, 0.2) is 5.58 Å². The van der Waals surface area contributed by atoms with Gasteiger partial charge in [0.1, 0.15) is 5.52 Å². The maximum atomic E-state index is 5.72. The molecule has 0 unspecified atom stereocenters. The van der Waals surface area contributed by atoms with E-state index < -0.39 is 0 Å². The molecule has 0 radical (unpaired) electrons. The van der Waals surface area contributed by atoms with Crippen molar-refractivity contribution < 1.29 is 4.42 Å². The van der Waals surface area contributed by atoms with Crippen LogP contribution in [0.3, 0.4) is 0 Å². The van der Waals surface area contributed by atoms with Crippen molar-refractivity contribution in [1.29, 1.82) is 0 Å². The standard InChI is InChI=1S/C13H12N2OS/c1-14-8-9-4-5-11-10(7-9)15-13(16-11)12-3-2-6-17-12/h2-7,14H,8H2,1H3. The third kappa shape index (κ3) is 1.97. The first kappa shape index (κ1) is 10.5. The molecule has 86 valence electrons. The first-order valence-corrected chi connectivity index (χ1v) is 6.33. The minimum absolute atomic E-state index is 0.705. The average Bonchev–Trinajstić information content (AvgIpc) is 2.97. The van der Waals surface area contributed by atoms with Gasteiger partial charge in [0.25, 0.3) is 0 Å². The van der Waals surface area contributed by atoms with Gasteiger partial charge in [-0.2, -0.15) is 0 Å². The molecule has 2 heterocycles. The van der Waals surface area contributed by atoms with E-state index in [1.54, 1.807) is 11.3 Å². The third-order valence-corrected chi connectivity index (χ3v) is 3.42. The van der Waals surface area contributed by atoms with Crippen molar-refractivity contribution in [3.05, 3.63) is 41.3 Å². The zero-order valence-corrected chi connectivity index (χ0v) is 10.3. The summed E-state index contributed by atoms with van der Waals surface area (Å²) >= 11 is 1.64. The van der Waals surface area contributed by atoms with Gasteiger partial charge in [0, 0.05) is 6.54 Å². The van der Waals surface area contributed by atoms with E-state index >= 15 is 0 Å². The molecule has 0 fully saturated rings. The van der Waals surface area contributed by atoms with E-state index in [9.17, 15) is 0 Å². The summed E-state index contributed by atoms with van der Waals surface area (Å²) in [6, 6.07) is 10.1. The number of nitrogens with one attached hydrogen (secondary N) is 1. The summed E-state index contributed by atoms with van der Waals surface area (Å²) in [7, 11) is 1.93. The summed E-state index contributed by atoms with van der Waals surface area (Å²) < 4.78 is 5.72. The SMILES string of the molecule is CNCc1ccc2oc(-c3cccs3)nc2c1. The lowest BCUT2D eigenvalue weighted by Crippen LogP contribution is -2.04. The Hall–Kier alpha value is -1.65. The molecular weight excluding hydrogens is 232 g/mol. The fraction of sp³-hybridized carbons (Fsp3) is 0.154. The molecule has 0 saturated carbocycles. The summed E-state index contributed by atoms with van der Waals surface area (Å²) in [4.78, 5) is 5.58. The number of nitrogens with zero attached hydrogens (tertiary/aromatic N) is 1. The Morgan fingerprint density at radius 1 is 1.35 bits per heavy atom. The van der Waals surface area contributed by atoms with Crippen molar-refractivity contribution in [1.82, 2.24) is 10.3 Å². The molecule has 0 atom stereocenters. The quantitative estimate of drug-likeness (QED) is 0.768. The number of fused-ring (bicyclic) bond motifs is 1. The monoisotopic (exact) mass is 244 g/mol. The van der Waals surface area contributed by atoms with Crippen LogP contribution in [-0.2, 0) is 6.54 Å². The first-order valence-electron chi connectivity index (χ1n) is 5.45. The van der Waals surface area contributed by atoms with Gasteiger partial charge < -0.3 is 9.73 Å². The average molecular weight is 244 g/mol. The van der Waals surface area contributed by atoms with Gasteiger partial charge in [0.05, 0.1) is 4.88 Å². The Morgan fingerprint density at radius 2 is 2.29 bits per heavy atom. The number of aromatic nitrogens is 1. The lowest BCUT2D eigenvalue weighted by Gasteiger charge is -1.97. The smallest absolute Gasteiger partial charge is 0.237 e. The highest BCUT2D eigenvalue weighted by molar-refractivity contribution is 7.13. The van der Waals surface area contributed by atoms with E-state index in [1.165, 1.54) is 5.56 Å². The Morgan fingerprint density at radius 3 is 3.06 bits per heavy atom. The van der Waals surface area contributed by atoms with Crippen LogP contribution in [0, 0.1) is 0 Å². The molecule has 17 heavy (non-hydrogen) atoms. The Bertz CT molecular complexity index is 628. The summed E-state index contributed by atoms with van der Waals surface area (Å²) in [6.45, 7) is 0.844. The van der Waals surface area contributed by atoms with Crippen molar-refractivity contribution in [2.45, 2.75) is 6.54 Å². The maximum absolute atomic E-state index is 5.72. The van der Waals surface area contributed by atoms with Gasteiger partial charge >= 0.3 is 0 Å². The van der Waals surface area contributed by atoms with Gasteiger partial charge in [-0.3, -0.25) is 0 Å². The van der Waals surface area contributed by atoms with E-state index in [2.05, 4.69) is 22.4 Å². The molecule has 0 saturated heterocycles. The van der Waals surface area contributed by atoms with Crippen LogP contribution in [0.5, 0.6) is 0 Å². The maximum Gasteiger partial charge on any atom is 0.237 e. The highest BCUT2D eigenvalue weighted by Crippen LogP contribution is 2.27. The second-order valence-corrected chi connectivity index (χ2v) is 4.78. The van der Waals surface area contributed by atoms with Gasteiger partial charge in [-0.15, -0.1) is 11.3 Å². The highest BCUT2D eigenvalue weighted by Gasteiger charge is 2.09. The van der Waals surface area contributed by atoms with Gasteiger partial charge in [-0.05, 0) is 36.2 Å². The van der Waals surface area contributed by atoms with E-state index in [0.717, 1.165) is 22.5 Å². The molecule has 1 N–H and O–H groups in total. The topological polar surface area (TPSA) is 38.1 Å². The van der Waals surface area contributed by atoms with Crippen LogP contribution in [0.4, 0.5) is 0 Å². The molecule has 0 amide bonds. The highest BCUT2D eigenvalue weighted by atomic mass is 32.1. The molecule has 3 nitrogen and oxygen atoms in total. The molecule has 4 heteroatoms. The van der Waals surface area contributed by atoms with Crippen molar-refractivity contribution in [2.24, 2.45) is 0 Å². The molecule has 1 aromatic carbocycles. The number of hydrogen-bond acceptors (Lipinski definition) is 4. The van der Waals surface area contributed by atoms with E-state index in [1.807, 2.05) is 30.6 Å². The van der Waals surface area contributed by atoms with Gasteiger partial charge in [-0.25, -0.2) is 4.98 Å². The van der Waals surface area contributed by atoms with Crippen molar-refractivity contribution >= 4 is 22.4 Å². The molecule has 0 aliphatic heterocycles. The first-order chi connectivity index (χ1) is 8.36. The van der Waals surface area contributed by atoms with Gasteiger partial charge in [-0.1, -0.05) is 12.1 Å². The zero-order valence-electron chi connectivity index (χ0n) is 9.43. The van der Waals surface area contributed by atoms with Crippen LogP contribution in [-0.4, -0.2) is 12.0 Å². The molecule has 3 rings (SSSR count). The van der Waals surface area contributed by atoms with Crippen molar-refractivity contribution in [3.63, 3.8) is 0 Å². The molecule has 0 spiro atoms. The minimum atomic E-state index is 0.705. The van der Waals surface area contributed by atoms with Crippen molar-refractivity contribution in [3.8, 4) is 10.8 Å². The molecule has 3 aromatic rings. The molecular formula is C13H12N2OS. The fourth-order valence-electron chi connectivity index (χ4n) is 1.79. The summed E-state index contributed by atoms with van der Waals surface area (Å²) in [5.41, 5.74) is 2.97. The van der Waals surface area contributed by atoms with Crippen LogP contribution < -0.4 is 5.32 Å². The second-order valence-electron chi connectivity index (χ2n) is 3.83. The lowest BCUT2D eigenvalue weighted by atomic mass is 10.2. The zero-order chi connectivity index (χ0) is 11.7. The molecule has 2 aromatic heterocycles. The number of thiophene rings is 1. The van der Waals surface area contributed by atoms with Crippen LogP contribution in [0.1, 0.15) is 5.56 Å². The minimum Gasteiger partial charge on any atom is -0.435 e. The van der Waals surface area contributed by atoms with E-state index in [0.29, 0.717) is 5.89 Å². The molecule has 0 aliphatic carbocycles. The van der Waals surface area contributed by atoms with E-state index in [-0.39, 0.29) is 0 Å². The summed E-state index contributed by atoms with van der Waals surface area (Å²) in [6.07, 6.45) is 0. The molecule has 0 bridgehead atoms. The fourth-order valence-corrected chi connectivity index (χ4v) is 2.44. The Balaban J connectivity index is 2.07. The number of oxazole rings is 1. The van der Waals surface area contributed by atoms with Crippen LogP contribution in [0.2, 0.25) is 0 Å². The molecule has 0 aliphatic rings. The predicted molar refractivity (Wildman–Crippen MR) is 70.1 cm³/mol. The predicted octanol–water partition coefficient (Wildman–Crippen LogP) is 3.28. The Labute approximate surface area is 103 Å². The number of benzene rings is 1. The van der Waals surface area contributed by atoms with Crippen molar-refractivity contribution in [2.75, 3.05) is 7.05 Å². The second kappa shape index (κ2) is 4.31. The Kier molecular flexibility index (Phi) is 2.66. The van der Waals surface area contributed by atoms with E-state index in [4.69, 9.17) is 4.42 Å². The summed E-state index contributed by atoms with van der Waals surface area (Å²) in [5.74, 6) is 0.705. The normalized spacial score (nSPS) is 11.1. The summed E-state index contributed by atoms with van der Waals surface area (Å²) in [5, 5.41) is 5.15. The number of hydrogen-bond donors (Lipinski definition) is 1.